The van der Waals surface area contributed by atoms with Crippen LogP contribution in [0.2, 0.25) is 0 Å². The van der Waals surface area contributed by atoms with Gasteiger partial charge in [-0.15, -0.1) is 0 Å². The van der Waals surface area contributed by atoms with Gasteiger partial charge in [0.25, 0.3) is 0 Å². The lowest BCUT2D eigenvalue weighted by Crippen LogP contribution is -2.29. The number of hydrogen-bond donors (Lipinski definition) is 1. The molecule has 36 heavy (non-hydrogen) atoms. The zero-order chi connectivity index (χ0) is 24.0. The summed E-state index contributed by atoms with van der Waals surface area (Å²) >= 11 is 0. The highest BCUT2D eigenvalue weighted by Gasteiger charge is 2.47. The van der Waals surface area contributed by atoms with Crippen LogP contribution in [-0.4, -0.2) is 0 Å². The lowest BCUT2D eigenvalue weighted by molar-refractivity contribution is 0.776. The van der Waals surface area contributed by atoms with Gasteiger partial charge in [-0.05, 0) is 68.4 Å². The predicted molar refractivity (Wildman–Crippen MR) is 151 cm³/mol. The summed E-state index contributed by atoms with van der Waals surface area (Å²) in [5, 5.41) is 6.19. The Kier molecular flexibility index (Phi) is 4.75. The molecule has 0 saturated heterocycles. The van der Waals surface area contributed by atoms with E-state index in [9.17, 15) is 0 Å². The maximum Gasteiger partial charge on any atom is 0.0720 e. The Balaban J connectivity index is 1.58. The van der Waals surface area contributed by atoms with Gasteiger partial charge in [-0.2, -0.15) is 0 Å². The highest BCUT2D eigenvalue weighted by Crippen LogP contribution is 2.58. The molecular weight excluding hydrogens is 434 g/mol. The number of nitrogens with one attached hydrogen (secondary N) is 1. The molecule has 6 aromatic carbocycles. The summed E-state index contributed by atoms with van der Waals surface area (Å²) in [6.45, 7) is 0. The van der Waals surface area contributed by atoms with E-state index >= 15 is 0 Å². The molecule has 0 spiro atoms. The van der Waals surface area contributed by atoms with Gasteiger partial charge in [0.05, 0.1) is 5.41 Å². The number of para-hydroxylation sites is 1. The molecule has 1 atom stereocenters. The van der Waals surface area contributed by atoms with Crippen LogP contribution in [-0.2, 0) is 5.41 Å². The van der Waals surface area contributed by atoms with Crippen molar-refractivity contribution >= 4 is 22.1 Å². The summed E-state index contributed by atoms with van der Waals surface area (Å²) in [5.74, 6) is 0. The van der Waals surface area contributed by atoms with Crippen molar-refractivity contribution in [3.63, 3.8) is 0 Å². The lowest BCUT2D eigenvalue weighted by Gasteiger charge is -2.35. The molecule has 1 aliphatic carbocycles. The first-order valence-electron chi connectivity index (χ1n) is 12.5. The Morgan fingerprint density at radius 1 is 0.444 bits per heavy atom. The molecule has 0 bridgehead atoms. The quantitative estimate of drug-likeness (QED) is 0.277. The minimum Gasteiger partial charge on any atom is -0.356 e. The van der Waals surface area contributed by atoms with Crippen molar-refractivity contribution in [1.29, 1.82) is 0 Å². The van der Waals surface area contributed by atoms with E-state index in [0.717, 1.165) is 11.4 Å². The minimum atomic E-state index is -0.428. The highest BCUT2D eigenvalue weighted by atomic mass is 14.9. The second-order valence-electron chi connectivity index (χ2n) is 9.44. The van der Waals surface area contributed by atoms with Crippen LogP contribution in [0.25, 0.3) is 21.9 Å². The van der Waals surface area contributed by atoms with Crippen LogP contribution in [0.3, 0.4) is 0 Å². The van der Waals surface area contributed by atoms with Gasteiger partial charge in [0.1, 0.15) is 0 Å². The van der Waals surface area contributed by atoms with Crippen molar-refractivity contribution in [2.24, 2.45) is 0 Å². The van der Waals surface area contributed by atoms with E-state index in [-0.39, 0.29) is 0 Å². The normalized spacial score (nSPS) is 15.9. The van der Waals surface area contributed by atoms with Crippen LogP contribution in [0.4, 0.5) is 11.4 Å². The van der Waals surface area contributed by atoms with Crippen molar-refractivity contribution in [1.82, 2.24) is 0 Å². The zero-order valence-electron chi connectivity index (χ0n) is 19.9. The maximum atomic E-state index is 3.62. The average molecular weight is 460 g/mol. The van der Waals surface area contributed by atoms with Gasteiger partial charge >= 0.3 is 0 Å². The Morgan fingerprint density at radius 3 is 1.97 bits per heavy atom. The summed E-state index contributed by atoms with van der Waals surface area (Å²) in [7, 11) is 0. The molecule has 0 aliphatic heterocycles. The van der Waals surface area contributed by atoms with Crippen LogP contribution in [0.5, 0.6) is 0 Å². The van der Waals surface area contributed by atoms with E-state index in [2.05, 4.69) is 145 Å². The van der Waals surface area contributed by atoms with Gasteiger partial charge in [-0.3, -0.25) is 0 Å². The van der Waals surface area contributed by atoms with Gasteiger partial charge in [-0.25, -0.2) is 0 Å². The number of benzene rings is 6. The van der Waals surface area contributed by atoms with Crippen molar-refractivity contribution in [2.75, 3.05) is 5.32 Å². The number of hydrogen-bond acceptors (Lipinski definition) is 1. The van der Waals surface area contributed by atoms with Crippen LogP contribution < -0.4 is 5.32 Å². The summed E-state index contributed by atoms with van der Waals surface area (Å²) in [5.41, 5.74) is 9.60. The molecule has 1 aliphatic rings. The highest BCUT2D eigenvalue weighted by molar-refractivity contribution is 6.00. The van der Waals surface area contributed by atoms with Gasteiger partial charge in [-0.1, -0.05) is 121 Å². The van der Waals surface area contributed by atoms with E-state index in [1.165, 1.54) is 44.2 Å². The fraction of sp³-hybridized carbons (Fsp3) is 0.0286. The van der Waals surface area contributed by atoms with E-state index in [0.29, 0.717) is 0 Å². The third-order valence-electron chi connectivity index (χ3n) is 7.49. The summed E-state index contributed by atoms with van der Waals surface area (Å²) < 4.78 is 0. The summed E-state index contributed by atoms with van der Waals surface area (Å²) in [6.07, 6.45) is 0. The third kappa shape index (κ3) is 3.03. The van der Waals surface area contributed by atoms with E-state index in [1.54, 1.807) is 0 Å². The standard InChI is InChI=1S/C35H25N/c1-3-13-26(14-4-1)35(27-15-11-18-29(24-27)36-28-16-5-2-6-17-28)33-21-10-9-20-31(33)32-23-22-25-12-7-8-19-30(25)34(32)35/h1-24,36H. The van der Waals surface area contributed by atoms with Gasteiger partial charge < -0.3 is 5.32 Å². The number of rotatable bonds is 4. The van der Waals surface area contributed by atoms with Gasteiger partial charge in [0.2, 0.25) is 0 Å². The second kappa shape index (κ2) is 8.25. The fourth-order valence-electron chi connectivity index (χ4n) is 6.05. The zero-order valence-corrected chi connectivity index (χ0v) is 19.9. The monoisotopic (exact) mass is 459 g/mol. The molecule has 1 heteroatoms. The molecule has 7 rings (SSSR count). The molecule has 1 N–H and O–H groups in total. The molecule has 0 saturated carbocycles. The maximum absolute atomic E-state index is 3.62. The van der Waals surface area contributed by atoms with E-state index in [1.807, 2.05) is 6.07 Å². The molecule has 1 nitrogen and oxygen atoms in total. The average Bonchev–Trinajstić information content (AvgIpc) is 3.26. The van der Waals surface area contributed by atoms with Crippen LogP contribution in [0.15, 0.2) is 146 Å². The first-order chi connectivity index (χ1) is 17.9. The largest absolute Gasteiger partial charge is 0.356 e. The van der Waals surface area contributed by atoms with E-state index in [4.69, 9.17) is 0 Å². The lowest BCUT2D eigenvalue weighted by atomic mass is 9.66. The van der Waals surface area contributed by atoms with Crippen LogP contribution in [0.1, 0.15) is 22.3 Å². The molecular formula is C35H25N. The molecule has 170 valence electrons. The minimum absolute atomic E-state index is 0.428. The SMILES string of the molecule is c1ccc(Nc2cccc(C3(c4ccccc4)c4ccccc4-c4ccc5ccccc5c43)c2)cc1. The first kappa shape index (κ1) is 20.7. The van der Waals surface area contributed by atoms with E-state index < -0.39 is 5.41 Å². The molecule has 0 aromatic heterocycles. The van der Waals surface area contributed by atoms with Crippen molar-refractivity contribution < 1.29 is 0 Å². The molecule has 0 amide bonds. The number of anilines is 2. The first-order valence-corrected chi connectivity index (χ1v) is 12.5. The second-order valence-corrected chi connectivity index (χ2v) is 9.44. The Labute approximate surface area is 211 Å². The van der Waals surface area contributed by atoms with Gasteiger partial charge in [0, 0.05) is 11.4 Å². The van der Waals surface area contributed by atoms with Crippen molar-refractivity contribution in [3.05, 3.63) is 168 Å². The van der Waals surface area contributed by atoms with Crippen molar-refractivity contribution in [3.8, 4) is 11.1 Å². The Morgan fingerprint density at radius 2 is 1.11 bits per heavy atom. The van der Waals surface area contributed by atoms with Gasteiger partial charge in [0.15, 0.2) is 0 Å². The summed E-state index contributed by atoms with van der Waals surface area (Å²) in [6, 6.07) is 52.6. The fourth-order valence-corrected chi connectivity index (χ4v) is 6.05. The predicted octanol–water partition coefficient (Wildman–Crippen LogP) is 8.95. The van der Waals surface area contributed by atoms with Crippen LogP contribution in [0, 0.1) is 0 Å². The molecule has 0 radical (unpaired) electrons. The number of fused-ring (bicyclic) bond motifs is 5. The van der Waals surface area contributed by atoms with Crippen LogP contribution >= 0.6 is 0 Å². The van der Waals surface area contributed by atoms with Crippen molar-refractivity contribution in [2.45, 2.75) is 5.41 Å². The third-order valence-corrected chi connectivity index (χ3v) is 7.49. The summed E-state index contributed by atoms with van der Waals surface area (Å²) in [4.78, 5) is 0. The molecule has 6 aromatic rings. The topological polar surface area (TPSA) is 12.0 Å². The Bertz CT molecular complexity index is 1700. The molecule has 1 unspecified atom stereocenters. The smallest absolute Gasteiger partial charge is 0.0720 e. The molecule has 0 heterocycles. The molecule has 0 fully saturated rings. The Hall–Kier alpha value is -4.62.